The number of H-pyrrole nitrogens is 1. The molecular formula is C14H19N5OS2. The molecule has 0 saturated heterocycles. The first-order valence-electron chi connectivity index (χ1n) is 7.41. The first-order chi connectivity index (χ1) is 10.6. The third kappa shape index (κ3) is 3.67. The molecule has 0 aliphatic heterocycles. The molecule has 22 heavy (non-hydrogen) atoms. The molecule has 0 fully saturated rings. The number of aromatic amines is 1. The Morgan fingerprint density at radius 2 is 2.23 bits per heavy atom. The Balaban J connectivity index is 1.53. The molecule has 3 rings (SSSR count). The summed E-state index contributed by atoms with van der Waals surface area (Å²) in [5.41, 5.74) is 1.23. The fourth-order valence-corrected chi connectivity index (χ4v) is 4.23. The summed E-state index contributed by atoms with van der Waals surface area (Å²) in [5.74, 6) is 1.05. The smallest absolute Gasteiger partial charge is 0.231 e. The van der Waals surface area contributed by atoms with Crippen molar-refractivity contribution >= 4 is 29.0 Å². The Hall–Kier alpha value is -1.41. The summed E-state index contributed by atoms with van der Waals surface area (Å²) in [5, 5.41) is 11.4. The molecule has 0 saturated carbocycles. The monoisotopic (exact) mass is 337 g/mol. The van der Waals surface area contributed by atoms with Crippen LogP contribution in [0.5, 0.6) is 0 Å². The van der Waals surface area contributed by atoms with Crippen molar-refractivity contribution in [2.45, 2.75) is 50.7 Å². The van der Waals surface area contributed by atoms with Gasteiger partial charge in [-0.25, -0.2) is 9.97 Å². The van der Waals surface area contributed by atoms with Crippen LogP contribution in [0.2, 0.25) is 0 Å². The Labute approximate surface area is 137 Å². The Morgan fingerprint density at radius 1 is 1.41 bits per heavy atom. The molecule has 6 nitrogen and oxygen atoms in total. The molecule has 8 heteroatoms. The summed E-state index contributed by atoms with van der Waals surface area (Å²) >= 11 is 3.07. The number of aromatic nitrogens is 4. The topological polar surface area (TPSA) is 83.6 Å². The highest BCUT2D eigenvalue weighted by Crippen LogP contribution is 2.29. The molecule has 0 spiro atoms. The van der Waals surface area contributed by atoms with Crippen molar-refractivity contribution in [3.8, 4) is 0 Å². The second kappa shape index (κ2) is 6.78. The fourth-order valence-electron chi connectivity index (χ4n) is 2.42. The second-order valence-electron chi connectivity index (χ2n) is 5.41. The van der Waals surface area contributed by atoms with Gasteiger partial charge in [0.25, 0.3) is 0 Å². The molecule has 2 aromatic rings. The van der Waals surface area contributed by atoms with Crippen molar-refractivity contribution in [1.82, 2.24) is 25.5 Å². The van der Waals surface area contributed by atoms with E-state index in [1.807, 2.05) is 13.8 Å². The number of nitrogens with zero attached hydrogens (tertiary/aromatic N) is 3. The molecule has 2 heterocycles. The van der Waals surface area contributed by atoms with Gasteiger partial charge >= 0.3 is 0 Å². The molecule has 0 aromatic carbocycles. The van der Waals surface area contributed by atoms with Crippen molar-refractivity contribution in [2.75, 3.05) is 5.75 Å². The number of carbonyl (C=O) groups excluding carboxylic acids is 1. The largest absolute Gasteiger partial charge is 0.346 e. The van der Waals surface area contributed by atoms with Crippen LogP contribution in [0.15, 0.2) is 5.16 Å². The zero-order valence-corrected chi connectivity index (χ0v) is 14.3. The Bertz CT molecular complexity index is 642. The van der Waals surface area contributed by atoms with Gasteiger partial charge in [0.15, 0.2) is 0 Å². The molecule has 2 N–H and O–H groups in total. The van der Waals surface area contributed by atoms with Crippen LogP contribution in [0.25, 0.3) is 0 Å². The predicted molar refractivity (Wildman–Crippen MR) is 87.2 cm³/mol. The van der Waals surface area contributed by atoms with Crippen LogP contribution in [-0.4, -0.2) is 31.8 Å². The van der Waals surface area contributed by atoms with E-state index in [4.69, 9.17) is 4.98 Å². The van der Waals surface area contributed by atoms with Crippen LogP contribution in [-0.2, 0) is 17.6 Å². The standard InChI is InChI=1S/C14H19N5OS2/c1-8(13-17-10-5-3-4-6-11(10)22-13)15-12(20)7-21-14-16-9(2)18-19-14/h8H,3-7H2,1-2H3,(H,15,20)(H,16,18,19)/t8-/m0/s1. The number of carbonyl (C=O) groups is 1. The zero-order chi connectivity index (χ0) is 15.5. The number of aryl methyl sites for hydroxylation is 3. The quantitative estimate of drug-likeness (QED) is 0.819. The lowest BCUT2D eigenvalue weighted by molar-refractivity contribution is -0.119. The molecule has 0 radical (unpaired) electrons. The van der Waals surface area contributed by atoms with Crippen LogP contribution in [0, 0.1) is 6.92 Å². The SMILES string of the molecule is Cc1nc(SCC(=O)N[C@@H](C)c2nc3c(s2)CCCC3)n[nH]1. The number of hydrogen-bond donors (Lipinski definition) is 2. The molecule has 1 amide bonds. The highest BCUT2D eigenvalue weighted by Gasteiger charge is 2.19. The lowest BCUT2D eigenvalue weighted by Gasteiger charge is -2.10. The van der Waals surface area contributed by atoms with E-state index in [1.54, 1.807) is 11.3 Å². The summed E-state index contributed by atoms with van der Waals surface area (Å²) in [6.07, 6.45) is 4.69. The van der Waals surface area contributed by atoms with Gasteiger partial charge in [-0.15, -0.1) is 16.4 Å². The molecule has 0 bridgehead atoms. The van der Waals surface area contributed by atoms with Crippen LogP contribution in [0.3, 0.4) is 0 Å². The van der Waals surface area contributed by atoms with Crippen LogP contribution >= 0.6 is 23.1 Å². The number of amides is 1. The van der Waals surface area contributed by atoms with Gasteiger partial charge in [0, 0.05) is 4.88 Å². The lowest BCUT2D eigenvalue weighted by Crippen LogP contribution is -2.28. The van der Waals surface area contributed by atoms with E-state index >= 15 is 0 Å². The molecule has 1 aliphatic rings. The van der Waals surface area contributed by atoms with Crippen molar-refractivity contribution in [3.63, 3.8) is 0 Å². The highest BCUT2D eigenvalue weighted by molar-refractivity contribution is 7.99. The van der Waals surface area contributed by atoms with E-state index in [1.165, 1.54) is 35.2 Å². The van der Waals surface area contributed by atoms with E-state index in [-0.39, 0.29) is 11.9 Å². The minimum atomic E-state index is -0.0439. The van der Waals surface area contributed by atoms with Crippen LogP contribution in [0.1, 0.15) is 47.2 Å². The summed E-state index contributed by atoms with van der Waals surface area (Å²) in [7, 11) is 0. The summed E-state index contributed by atoms with van der Waals surface area (Å²) < 4.78 is 0. The van der Waals surface area contributed by atoms with Gasteiger partial charge in [-0.2, -0.15) is 0 Å². The molecular weight excluding hydrogens is 318 g/mol. The first-order valence-corrected chi connectivity index (χ1v) is 9.21. The van der Waals surface area contributed by atoms with Crippen molar-refractivity contribution in [1.29, 1.82) is 0 Å². The van der Waals surface area contributed by atoms with Gasteiger partial charge in [0.05, 0.1) is 17.5 Å². The number of fused-ring (bicyclic) bond motifs is 1. The summed E-state index contributed by atoms with van der Waals surface area (Å²) in [6.45, 7) is 3.83. The number of nitrogens with one attached hydrogen (secondary N) is 2. The summed E-state index contributed by atoms with van der Waals surface area (Å²) in [4.78, 5) is 22.3. The third-order valence-corrected chi connectivity index (χ3v) is 5.71. The van der Waals surface area contributed by atoms with Gasteiger partial charge in [-0.05, 0) is 39.5 Å². The third-order valence-electron chi connectivity index (χ3n) is 3.52. The van der Waals surface area contributed by atoms with Gasteiger partial charge < -0.3 is 5.32 Å². The van der Waals surface area contributed by atoms with E-state index in [9.17, 15) is 4.79 Å². The van der Waals surface area contributed by atoms with Gasteiger partial charge in [0.1, 0.15) is 10.8 Å². The minimum Gasteiger partial charge on any atom is -0.346 e. The zero-order valence-electron chi connectivity index (χ0n) is 12.7. The van der Waals surface area contributed by atoms with Crippen LogP contribution in [0.4, 0.5) is 0 Å². The molecule has 1 aliphatic carbocycles. The molecule has 1 atom stereocenters. The van der Waals surface area contributed by atoms with Crippen molar-refractivity contribution in [3.05, 3.63) is 21.4 Å². The fraction of sp³-hybridized carbons (Fsp3) is 0.571. The Kier molecular flexibility index (Phi) is 4.77. The van der Waals surface area contributed by atoms with Gasteiger partial charge in [-0.3, -0.25) is 9.89 Å². The normalized spacial score (nSPS) is 15.4. The maximum absolute atomic E-state index is 12.0. The van der Waals surface area contributed by atoms with E-state index in [0.717, 1.165) is 23.7 Å². The molecule has 2 aromatic heterocycles. The molecule has 118 valence electrons. The van der Waals surface area contributed by atoms with Crippen molar-refractivity contribution < 1.29 is 4.79 Å². The number of thiazole rings is 1. The van der Waals surface area contributed by atoms with Crippen LogP contribution < -0.4 is 5.32 Å². The average Bonchev–Trinajstić information content (AvgIpc) is 3.11. The molecule has 0 unspecified atom stereocenters. The second-order valence-corrected chi connectivity index (χ2v) is 7.47. The maximum atomic E-state index is 12.0. The van der Waals surface area contributed by atoms with Crippen molar-refractivity contribution in [2.24, 2.45) is 0 Å². The average molecular weight is 337 g/mol. The summed E-state index contributed by atoms with van der Waals surface area (Å²) in [6, 6.07) is -0.0439. The lowest BCUT2D eigenvalue weighted by atomic mass is 10.0. The van der Waals surface area contributed by atoms with Gasteiger partial charge in [0.2, 0.25) is 11.1 Å². The predicted octanol–water partition coefficient (Wildman–Crippen LogP) is 2.42. The van der Waals surface area contributed by atoms with Gasteiger partial charge in [-0.1, -0.05) is 11.8 Å². The number of thioether (sulfide) groups is 1. The first kappa shape index (κ1) is 15.5. The Morgan fingerprint density at radius 3 is 2.95 bits per heavy atom. The van der Waals surface area contributed by atoms with E-state index in [0.29, 0.717) is 10.9 Å². The van der Waals surface area contributed by atoms with E-state index in [2.05, 4.69) is 20.5 Å². The van der Waals surface area contributed by atoms with E-state index < -0.39 is 0 Å². The minimum absolute atomic E-state index is 0.0203. The number of hydrogen-bond acceptors (Lipinski definition) is 6. The highest BCUT2D eigenvalue weighted by atomic mass is 32.2. The number of rotatable bonds is 5. The maximum Gasteiger partial charge on any atom is 0.231 e.